The summed E-state index contributed by atoms with van der Waals surface area (Å²) < 4.78 is 0. The molecular formula is C23H29N3S. The molecule has 2 aromatic rings. The number of hydrogen-bond donors (Lipinski definition) is 2. The standard InChI is InChI=1S/C23H29N3S/c1-16-8-9-19(12-17(16)2)24-23(27)25-20-13-21-10-11-22(14-20)26(21)15-18-6-4-3-5-7-18/h3-9,12,20-22H,10-11,13-15H2,1-2H3,(H2,24,25,27)/t20?,21-,22+. The van der Waals surface area contributed by atoms with Crippen LogP contribution in [0.1, 0.15) is 42.4 Å². The second kappa shape index (κ2) is 7.99. The van der Waals surface area contributed by atoms with Crippen molar-refractivity contribution in [3.63, 3.8) is 0 Å². The van der Waals surface area contributed by atoms with Crippen molar-refractivity contribution in [1.29, 1.82) is 0 Å². The van der Waals surface area contributed by atoms with Crippen LogP contribution in [0, 0.1) is 13.8 Å². The molecular weight excluding hydrogens is 350 g/mol. The molecule has 142 valence electrons. The molecule has 3 nitrogen and oxygen atoms in total. The molecule has 0 aromatic heterocycles. The van der Waals surface area contributed by atoms with Gasteiger partial charge in [0.2, 0.25) is 0 Å². The highest BCUT2D eigenvalue weighted by Gasteiger charge is 2.40. The molecule has 0 saturated carbocycles. The van der Waals surface area contributed by atoms with Crippen molar-refractivity contribution < 1.29 is 0 Å². The number of benzene rings is 2. The molecule has 2 bridgehead atoms. The van der Waals surface area contributed by atoms with Crippen molar-refractivity contribution in [2.45, 2.75) is 64.2 Å². The topological polar surface area (TPSA) is 27.3 Å². The molecule has 4 heteroatoms. The van der Waals surface area contributed by atoms with Gasteiger partial charge in [0.15, 0.2) is 5.11 Å². The third kappa shape index (κ3) is 4.33. The van der Waals surface area contributed by atoms with E-state index >= 15 is 0 Å². The summed E-state index contributed by atoms with van der Waals surface area (Å²) in [4.78, 5) is 2.72. The number of piperidine rings is 1. The molecule has 1 unspecified atom stereocenters. The fourth-order valence-electron chi connectivity index (χ4n) is 4.62. The quantitative estimate of drug-likeness (QED) is 0.747. The largest absolute Gasteiger partial charge is 0.360 e. The van der Waals surface area contributed by atoms with Crippen LogP contribution < -0.4 is 10.6 Å². The van der Waals surface area contributed by atoms with Crippen LogP contribution in [0.3, 0.4) is 0 Å². The first kappa shape index (κ1) is 18.5. The van der Waals surface area contributed by atoms with Gasteiger partial charge in [-0.3, -0.25) is 4.90 Å². The van der Waals surface area contributed by atoms with E-state index in [1.165, 1.54) is 42.4 Å². The van der Waals surface area contributed by atoms with Gasteiger partial charge >= 0.3 is 0 Å². The first-order valence-corrected chi connectivity index (χ1v) is 10.4. The van der Waals surface area contributed by atoms with Crippen molar-refractivity contribution >= 4 is 23.0 Å². The van der Waals surface area contributed by atoms with Crippen LogP contribution in [-0.4, -0.2) is 28.1 Å². The molecule has 2 aromatic carbocycles. The monoisotopic (exact) mass is 379 g/mol. The summed E-state index contributed by atoms with van der Waals surface area (Å²) in [6, 6.07) is 19.1. The molecule has 3 atom stereocenters. The number of nitrogens with zero attached hydrogens (tertiary/aromatic N) is 1. The molecule has 2 heterocycles. The highest BCUT2D eigenvalue weighted by atomic mass is 32.1. The van der Waals surface area contributed by atoms with E-state index in [1.54, 1.807) is 0 Å². The lowest BCUT2D eigenvalue weighted by molar-refractivity contribution is 0.115. The van der Waals surface area contributed by atoms with E-state index in [4.69, 9.17) is 12.2 Å². The zero-order valence-corrected chi connectivity index (χ0v) is 17.1. The Kier molecular flexibility index (Phi) is 5.46. The SMILES string of the molecule is Cc1ccc(NC(=S)NC2C[C@H]3CC[C@@H](C2)N3Cc2ccccc2)cc1C. The smallest absolute Gasteiger partial charge is 0.170 e. The maximum Gasteiger partial charge on any atom is 0.170 e. The Labute approximate surface area is 168 Å². The predicted octanol–water partition coefficient (Wildman–Crippen LogP) is 4.79. The van der Waals surface area contributed by atoms with Gasteiger partial charge in [-0.1, -0.05) is 36.4 Å². The fraction of sp³-hybridized carbons (Fsp3) is 0.435. The fourth-order valence-corrected chi connectivity index (χ4v) is 4.90. The van der Waals surface area contributed by atoms with Gasteiger partial charge in [-0.15, -0.1) is 0 Å². The Morgan fingerprint density at radius 2 is 1.70 bits per heavy atom. The van der Waals surface area contributed by atoms with Crippen molar-refractivity contribution in [1.82, 2.24) is 10.2 Å². The van der Waals surface area contributed by atoms with E-state index in [2.05, 4.69) is 77.9 Å². The van der Waals surface area contributed by atoms with E-state index in [-0.39, 0.29) is 0 Å². The highest BCUT2D eigenvalue weighted by molar-refractivity contribution is 7.80. The Morgan fingerprint density at radius 1 is 1.00 bits per heavy atom. The zero-order valence-electron chi connectivity index (χ0n) is 16.2. The van der Waals surface area contributed by atoms with Crippen LogP contribution in [-0.2, 0) is 6.54 Å². The van der Waals surface area contributed by atoms with E-state index in [0.717, 1.165) is 17.3 Å². The number of nitrogens with one attached hydrogen (secondary N) is 2. The van der Waals surface area contributed by atoms with Crippen LogP contribution in [0.5, 0.6) is 0 Å². The summed E-state index contributed by atoms with van der Waals surface area (Å²) >= 11 is 5.59. The van der Waals surface area contributed by atoms with Crippen LogP contribution in [0.25, 0.3) is 0 Å². The Hall–Kier alpha value is -1.91. The minimum Gasteiger partial charge on any atom is -0.360 e. The maximum atomic E-state index is 5.59. The molecule has 0 radical (unpaired) electrons. The van der Waals surface area contributed by atoms with Crippen molar-refractivity contribution in [3.05, 3.63) is 65.2 Å². The van der Waals surface area contributed by atoms with Gasteiger partial charge in [-0.25, -0.2) is 0 Å². The first-order chi connectivity index (χ1) is 13.1. The summed E-state index contributed by atoms with van der Waals surface area (Å²) in [7, 11) is 0. The van der Waals surface area contributed by atoms with Gasteiger partial charge in [0.05, 0.1) is 0 Å². The average Bonchev–Trinajstić information content (AvgIpc) is 2.88. The Bertz CT molecular complexity index is 791. The second-order valence-corrected chi connectivity index (χ2v) is 8.52. The molecule has 2 saturated heterocycles. The van der Waals surface area contributed by atoms with Gasteiger partial charge in [0, 0.05) is 30.4 Å². The summed E-state index contributed by atoms with van der Waals surface area (Å²) in [5, 5.41) is 7.69. The molecule has 0 aliphatic carbocycles. The lowest BCUT2D eigenvalue weighted by atomic mass is 9.96. The third-order valence-electron chi connectivity index (χ3n) is 6.19. The Morgan fingerprint density at radius 3 is 2.37 bits per heavy atom. The lowest BCUT2D eigenvalue weighted by Crippen LogP contribution is -2.50. The van der Waals surface area contributed by atoms with Crippen molar-refractivity contribution in [3.8, 4) is 0 Å². The van der Waals surface area contributed by atoms with E-state index < -0.39 is 0 Å². The zero-order chi connectivity index (χ0) is 18.8. The molecule has 2 aliphatic heterocycles. The highest BCUT2D eigenvalue weighted by Crippen LogP contribution is 2.36. The molecule has 2 N–H and O–H groups in total. The van der Waals surface area contributed by atoms with E-state index in [1.807, 2.05) is 0 Å². The van der Waals surface area contributed by atoms with Gasteiger partial charge in [-0.05, 0) is 80.6 Å². The molecule has 0 amide bonds. The van der Waals surface area contributed by atoms with Gasteiger partial charge in [0.25, 0.3) is 0 Å². The number of aryl methyl sites for hydroxylation is 2. The van der Waals surface area contributed by atoms with Crippen molar-refractivity contribution in [2.75, 3.05) is 5.32 Å². The number of rotatable bonds is 4. The lowest BCUT2D eigenvalue weighted by Gasteiger charge is -2.39. The van der Waals surface area contributed by atoms with E-state index in [0.29, 0.717) is 18.1 Å². The van der Waals surface area contributed by atoms with Gasteiger partial charge < -0.3 is 10.6 Å². The molecule has 2 aliphatic rings. The van der Waals surface area contributed by atoms with Crippen LogP contribution >= 0.6 is 12.2 Å². The summed E-state index contributed by atoms with van der Waals surface area (Å²) in [6.45, 7) is 5.35. The van der Waals surface area contributed by atoms with Crippen LogP contribution in [0.15, 0.2) is 48.5 Å². The summed E-state index contributed by atoms with van der Waals surface area (Å²) in [5.74, 6) is 0. The summed E-state index contributed by atoms with van der Waals surface area (Å²) in [6.07, 6.45) is 4.98. The summed E-state index contributed by atoms with van der Waals surface area (Å²) in [5.41, 5.74) is 5.09. The van der Waals surface area contributed by atoms with Crippen LogP contribution in [0.4, 0.5) is 5.69 Å². The molecule has 0 spiro atoms. The molecule has 2 fully saturated rings. The third-order valence-corrected chi connectivity index (χ3v) is 6.41. The first-order valence-electron chi connectivity index (χ1n) is 10.0. The van der Waals surface area contributed by atoms with Crippen LogP contribution in [0.2, 0.25) is 0 Å². The number of fused-ring (bicyclic) bond motifs is 2. The van der Waals surface area contributed by atoms with E-state index in [9.17, 15) is 0 Å². The Balaban J connectivity index is 1.33. The molecule has 27 heavy (non-hydrogen) atoms. The number of thiocarbonyl (C=S) groups is 1. The van der Waals surface area contributed by atoms with Gasteiger partial charge in [0.1, 0.15) is 0 Å². The van der Waals surface area contributed by atoms with Gasteiger partial charge in [-0.2, -0.15) is 0 Å². The average molecular weight is 380 g/mol. The molecule has 4 rings (SSSR count). The number of anilines is 1. The normalized spacial score (nSPS) is 24.6. The second-order valence-electron chi connectivity index (χ2n) is 8.11. The maximum absolute atomic E-state index is 5.59. The minimum atomic E-state index is 0.473. The number of hydrogen-bond acceptors (Lipinski definition) is 2. The van der Waals surface area contributed by atoms with Crippen molar-refractivity contribution in [2.24, 2.45) is 0 Å². The predicted molar refractivity (Wildman–Crippen MR) is 117 cm³/mol. The minimum absolute atomic E-state index is 0.473.